The van der Waals surface area contributed by atoms with Crippen molar-refractivity contribution in [2.45, 2.75) is 57.3 Å². The Morgan fingerprint density at radius 1 is 1.15 bits per heavy atom. The highest BCUT2D eigenvalue weighted by Gasteiger charge is 2.45. The lowest BCUT2D eigenvalue weighted by molar-refractivity contribution is 0.162. The fourth-order valence-corrected chi connectivity index (χ4v) is 5.29. The summed E-state index contributed by atoms with van der Waals surface area (Å²) in [6.07, 6.45) is 4.20. The van der Waals surface area contributed by atoms with Gasteiger partial charge in [0.25, 0.3) is 0 Å². The lowest BCUT2D eigenvalue weighted by Crippen LogP contribution is -2.35. The third kappa shape index (κ3) is 4.05. The van der Waals surface area contributed by atoms with E-state index in [0.717, 1.165) is 48.8 Å². The minimum Gasteiger partial charge on any atom is -0.341 e. The first-order chi connectivity index (χ1) is 16.4. The van der Waals surface area contributed by atoms with E-state index in [-0.39, 0.29) is 5.92 Å². The van der Waals surface area contributed by atoms with Crippen LogP contribution in [0.25, 0.3) is 5.69 Å². The first-order valence-corrected chi connectivity index (χ1v) is 12.1. The Kier molecular flexibility index (Phi) is 5.29. The fraction of sp³-hybridized carbons (Fsp3) is 0.500. The van der Waals surface area contributed by atoms with Crippen LogP contribution in [0.4, 0.5) is 14.7 Å². The van der Waals surface area contributed by atoms with Crippen LogP contribution in [0, 0.1) is 12.7 Å². The summed E-state index contributed by atoms with van der Waals surface area (Å²) in [6.45, 7) is 4.73. The van der Waals surface area contributed by atoms with Gasteiger partial charge in [0.15, 0.2) is 11.6 Å². The molecule has 0 amide bonds. The van der Waals surface area contributed by atoms with E-state index in [1.165, 1.54) is 6.20 Å². The van der Waals surface area contributed by atoms with Crippen molar-refractivity contribution < 1.29 is 8.78 Å². The van der Waals surface area contributed by atoms with Gasteiger partial charge in [-0.3, -0.25) is 9.47 Å². The topological polar surface area (TPSA) is 63.0 Å². The normalized spacial score (nSPS) is 20.1. The Hall–Kier alpha value is -2.65. The molecule has 34 heavy (non-hydrogen) atoms. The zero-order valence-electron chi connectivity index (χ0n) is 19.0. The number of rotatable bonds is 4. The van der Waals surface area contributed by atoms with Crippen molar-refractivity contribution in [3.63, 3.8) is 0 Å². The van der Waals surface area contributed by atoms with Gasteiger partial charge in [-0.1, -0.05) is 11.6 Å². The van der Waals surface area contributed by atoms with E-state index < -0.39 is 11.5 Å². The highest BCUT2D eigenvalue weighted by atomic mass is 35.5. The van der Waals surface area contributed by atoms with Crippen molar-refractivity contribution in [2.24, 2.45) is 0 Å². The maximum Gasteiger partial charge on any atom is 0.225 e. The number of benzene rings is 1. The monoisotopic (exact) mass is 485 g/mol. The number of alkyl halides is 1. The first-order valence-electron chi connectivity index (χ1n) is 11.8. The van der Waals surface area contributed by atoms with Crippen molar-refractivity contribution in [3.8, 4) is 5.69 Å². The average molecular weight is 486 g/mol. The molecule has 2 fully saturated rings. The molecule has 0 bridgehead atoms. The first kappa shape index (κ1) is 21.9. The van der Waals surface area contributed by atoms with Gasteiger partial charge in [-0.25, -0.2) is 18.7 Å². The van der Waals surface area contributed by atoms with Crippen LogP contribution < -0.4 is 4.90 Å². The molecule has 6 rings (SSSR count). The summed E-state index contributed by atoms with van der Waals surface area (Å²) in [5.74, 6) is 2.15. The summed E-state index contributed by atoms with van der Waals surface area (Å²) in [5, 5.41) is 9.83. The Labute approximate surface area is 201 Å². The second kappa shape index (κ2) is 8.23. The third-order valence-electron chi connectivity index (χ3n) is 7.15. The van der Waals surface area contributed by atoms with Crippen LogP contribution in [0.3, 0.4) is 0 Å². The summed E-state index contributed by atoms with van der Waals surface area (Å²) in [7, 11) is 0. The predicted molar refractivity (Wildman–Crippen MR) is 124 cm³/mol. The second-order valence-electron chi connectivity index (χ2n) is 9.74. The molecule has 3 aromatic rings. The van der Waals surface area contributed by atoms with Crippen molar-refractivity contribution in [1.29, 1.82) is 0 Å². The van der Waals surface area contributed by atoms with Crippen LogP contribution in [0.15, 0.2) is 24.4 Å². The van der Waals surface area contributed by atoms with E-state index in [0.29, 0.717) is 49.1 Å². The van der Waals surface area contributed by atoms with Crippen LogP contribution in [-0.2, 0) is 13.1 Å². The molecule has 0 spiro atoms. The number of aromatic nitrogens is 5. The van der Waals surface area contributed by atoms with Gasteiger partial charge in [0, 0.05) is 37.1 Å². The SMILES string of the molecule is Cc1nc(N2CCC(c3nnc4n3-c3ccc(Cl)cc3CN(CC3(F)CC3)C4)CC2)ncc1F. The summed E-state index contributed by atoms with van der Waals surface area (Å²) >= 11 is 6.33. The summed E-state index contributed by atoms with van der Waals surface area (Å²) < 4.78 is 30.4. The minimum absolute atomic E-state index is 0.213. The Morgan fingerprint density at radius 2 is 1.94 bits per heavy atom. The summed E-state index contributed by atoms with van der Waals surface area (Å²) in [4.78, 5) is 12.7. The van der Waals surface area contributed by atoms with Gasteiger partial charge in [0.2, 0.25) is 5.95 Å². The zero-order chi connectivity index (χ0) is 23.4. The van der Waals surface area contributed by atoms with Crippen LogP contribution in [0.2, 0.25) is 5.02 Å². The smallest absolute Gasteiger partial charge is 0.225 e. The number of aryl methyl sites for hydroxylation is 1. The Bertz CT molecular complexity index is 1230. The molecule has 3 aliphatic rings. The van der Waals surface area contributed by atoms with Gasteiger partial charge in [-0.2, -0.15) is 0 Å². The molecule has 0 N–H and O–H groups in total. The third-order valence-corrected chi connectivity index (χ3v) is 7.38. The van der Waals surface area contributed by atoms with Gasteiger partial charge < -0.3 is 4.90 Å². The molecule has 7 nitrogen and oxygen atoms in total. The molecule has 2 aromatic heterocycles. The molecular weight excluding hydrogens is 460 g/mol. The molecule has 1 saturated carbocycles. The lowest BCUT2D eigenvalue weighted by atomic mass is 9.95. The maximum absolute atomic E-state index is 14.6. The molecule has 10 heteroatoms. The second-order valence-corrected chi connectivity index (χ2v) is 10.2. The molecule has 1 aliphatic carbocycles. The lowest BCUT2D eigenvalue weighted by Gasteiger charge is -2.31. The van der Waals surface area contributed by atoms with E-state index in [1.807, 2.05) is 18.2 Å². The van der Waals surface area contributed by atoms with Gasteiger partial charge >= 0.3 is 0 Å². The Morgan fingerprint density at radius 3 is 2.68 bits per heavy atom. The molecule has 2 aliphatic heterocycles. The zero-order valence-corrected chi connectivity index (χ0v) is 19.8. The van der Waals surface area contributed by atoms with E-state index in [1.54, 1.807) is 6.92 Å². The average Bonchev–Trinajstić information content (AvgIpc) is 3.44. The molecule has 178 valence electrons. The number of hydrogen-bond acceptors (Lipinski definition) is 6. The van der Waals surface area contributed by atoms with Crippen molar-refractivity contribution in [3.05, 3.63) is 58.1 Å². The number of halogens is 3. The Balaban J connectivity index is 1.28. The molecule has 0 atom stereocenters. The van der Waals surface area contributed by atoms with E-state index in [4.69, 9.17) is 11.6 Å². The van der Waals surface area contributed by atoms with Crippen LogP contribution >= 0.6 is 11.6 Å². The van der Waals surface area contributed by atoms with Crippen molar-refractivity contribution in [1.82, 2.24) is 29.6 Å². The number of fused-ring (bicyclic) bond motifs is 3. The maximum atomic E-state index is 14.6. The van der Waals surface area contributed by atoms with E-state index in [9.17, 15) is 8.78 Å². The largest absolute Gasteiger partial charge is 0.341 e. The molecule has 0 radical (unpaired) electrons. The minimum atomic E-state index is -1.08. The van der Waals surface area contributed by atoms with Gasteiger partial charge in [0.05, 0.1) is 24.1 Å². The fourth-order valence-electron chi connectivity index (χ4n) is 5.09. The van der Waals surface area contributed by atoms with Crippen molar-refractivity contribution in [2.75, 3.05) is 24.5 Å². The van der Waals surface area contributed by atoms with Crippen LogP contribution in [-0.4, -0.2) is 54.9 Å². The molecule has 4 heterocycles. The summed E-state index contributed by atoms with van der Waals surface area (Å²) in [5.41, 5.74) is 1.36. The quantitative estimate of drug-likeness (QED) is 0.547. The molecular formula is C24H26ClF2N7. The van der Waals surface area contributed by atoms with Gasteiger partial charge in [0.1, 0.15) is 11.5 Å². The summed E-state index contributed by atoms with van der Waals surface area (Å²) in [6, 6.07) is 5.87. The highest BCUT2D eigenvalue weighted by Crippen LogP contribution is 2.42. The standard InChI is InChI=1S/C24H26ClF2N7/c1-15-19(26)11-28-23(29-15)33-8-4-16(5-9-33)22-31-30-21-13-32(14-24(27)6-7-24)12-17-10-18(25)2-3-20(17)34(21)22/h2-3,10-11,16H,4-9,12-14H2,1H3. The number of nitrogens with zero attached hydrogens (tertiary/aromatic N) is 7. The van der Waals surface area contributed by atoms with Gasteiger partial charge in [-0.15, -0.1) is 10.2 Å². The highest BCUT2D eigenvalue weighted by molar-refractivity contribution is 6.30. The van der Waals surface area contributed by atoms with E-state index in [2.05, 4.69) is 34.5 Å². The number of anilines is 1. The van der Waals surface area contributed by atoms with Crippen LogP contribution in [0.1, 0.15) is 54.5 Å². The number of piperidine rings is 1. The molecule has 1 aromatic carbocycles. The molecule has 1 saturated heterocycles. The number of hydrogen-bond donors (Lipinski definition) is 0. The van der Waals surface area contributed by atoms with E-state index >= 15 is 0 Å². The molecule has 0 unspecified atom stereocenters. The van der Waals surface area contributed by atoms with Gasteiger partial charge in [-0.05, 0) is 56.4 Å². The van der Waals surface area contributed by atoms with Crippen molar-refractivity contribution >= 4 is 17.5 Å². The van der Waals surface area contributed by atoms with Crippen LogP contribution in [0.5, 0.6) is 0 Å². The predicted octanol–water partition coefficient (Wildman–Crippen LogP) is 4.36.